The van der Waals surface area contributed by atoms with Gasteiger partial charge in [-0.05, 0) is 55.8 Å². The van der Waals surface area contributed by atoms with Crippen molar-refractivity contribution in [2.75, 3.05) is 12.3 Å². The van der Waals surface area contributed by atoms with Crippen LogP contribution < -0.4 is 15.8 Å². The minimum absolute atomic E-state index is 0.203. The van der Waals surface area contributed by atoms with Crippen LogP contribution in [0.15, 0.2) is 78.9 Å². The Labute approximate surface area is 197 Å². The smallest absolute Gasteiger partial charge is 0.257 e. The van der Waals surface area contributed by atoms with E-state index in [-0.39, 0.29) is 17.8 Å². The van der Waals surface area contributed by atoms with Gasteiger partial charge in [0.25, 0.3) is 5.91 Å². The number of nitrogens with one attached hydrogen (secondary N) is 1. The molecule has 0 spiro atoms. The number of para-hydroxylation sites is 2. The van der Waals surface area contributed by atoms with Gasteiger partial charge in [-0.2, -0.15) is 0 Å². The first-order chi connectivity index (χ1) is 16.6. The zero-order valence-electron chi connectivity index (χ0n) is 19.0. The molecule has 7 heteroatoms. The minimum atomic E-state index is -0.298. The molecule has 170 valence electrons. The lowest BCUT2D eigenvalue weighted by molar-refractivity contribution is 0.0942. The maximum Gasteiger partial charge on any atom is 0.257 e. The van der Waals surface area contributed by atoms with Gasteiger partial charge >= 0.3 is 0 Å². The molecule has 0 fully saturated rings. The number of aromatic nitrogens is 3. The van der Waals surface area contributed by atoms with E-state index in [1.165, 1.54) is 0 Å². The number of hydrogen-bond acceptors (Lipinski definition) is 5. The van der Waals surface area contributed by atoms with Crippen molar-refractivity contribution in [3.8, 4) is 11.4 Å². The van der Waals surface area contributed by atoms with E-state index in [1.807, 2.05) is 92.7 Å². The summed E-state index contributed by atoms with van der Waals surface area (Å²) in [6.07, 6.45) is 0. The van der Waals surface area contributed by atoms with Crippen LogP contribution >= 0.6 is 0 Å². The summed E-state index contributed by atoms with van der Waals surface area (Å²) < 4.78 is 7.34. The van der Waals surface area contributed by atoms with Crippen molar-refractivity contribution in [2.24, 2.45) is 0 Å². The third-order valence-corrected chi connectivity index (χ3v) is 5.78. The number of fused-ring (bicyclic) bond motifs is 2. The van der Waals surface area contributed by atoms with Gasteiger partial charge in [-0.1, -0.05) is 42.5 Å². The highest BCUT2D eigenvalue weighted by Gasteiger charge is 2.26. The summed E-state index contributed by atoms with van der Waals surface area (Å²) in [6, 6.07) is 24.7. The van der Waals surface area contributed by atoms with Crippen LogP contribution in [-0.4, -0.2) is 27.0 Å². The molecule has 0 aliphatic rings. The number of benzene rings is 3. The second-order valence-electron chi connectivity index (χ2n) is 8.01. The summed E-state index contributed by atoms with van der Waals surface area (Å²) >= 11 is 0. The van der Waals surface area contributed by atoms with Crippen molar-refractivity contribution < 1.29 is 9.53 Å². The quantitative estimate of drug-likeness (QED) is 0.377. The molecule has 0 saturated heterocycles. The molecule has 0 bridgehead atoms. The molecule has 2 heterocycles. The Balaban J connectivity index is 1.65. The molecule has 5 aromatic rings. The lowest BCUT2D eigenvalue weighted by Gasteiger charge is -2.14. The number of amides is 1. The van der Waals surface area contributed by atoms with Crippen LogP contribution in [0.25, 0.3) is 27.9 Å². The van der Waals surface area contributed by atoms with Gasteiger partial charge in [0.05, 0.1) is 23.7 Å². The average molecular weight is 452 g/mol. The molecular formula is C27H25N5O2. The third-order valence-electron chi connectivity index (χ3n) is 5.78. The molecule has 2 aromatic heterocycles. The summed E-state index contributed by atoms with van der Waals surface area (Å²) in [7, 11) is 0. The van der Waals surface area contributed by atoms with Gasteiger partial charge in [-0.25, -0.2) is 9.97 Å². The third kappa shape index (κ3) is 3.81. The largest absolute Gasteiger partial charge is 0.494 e. The van der Waals surface area contributed by atoms with Crippen LogP contribution in [-0.2, 0) is 0 Å². The van der Waals surface area contributed by atoms with Gasteiger partial charge < -0.3 is 15.8 Å². The number of rotatable bonds is 6. The fourth-order valence-electron chi connectivity index (χ4n) is 4.10. The number of hydrogen-bond donors (Lipinski definition) is 2. The normalized spacial score (nSPS) is 12.1. The highest BCUT2D eigenvalue weighted by molar-refractivity contribution is 6.11. The molecule has 0 saturated carbocycles. The van der Waals surface area contributed by atoms with Crippen molar-refractivity contribution in [1.82, 2.24) is 19.9 Å². The topological polar surface area (TPSA) is 95.1 Å². The second kappa shape index (κ2) is 8.86. The zero-order chi connectivity index (χ0) is 23.7. The molecule has 1 atom stereocenters. The van der Waals surface area contributed by atoms with Crippen LogP contribution in [0.2, 0.25) is 0 Å². The Kier molecular flexibility index (Phi) is 5.59. The van der Waals surface area contributed by atoms with Crippen LogP contribution in [0, 0.1) is 0 Å². The molecule has 34 heavy (non-hydrogen) atoms. The van der Waals surface area contributed by atoms with Gasteiger partial charge in [0, 0.05) is 5.69 Å². The second-order valence-corrected chi connectivity index (χ2v) is 8.01. The lowest BCUT2D eigenvalue weighted by atomic mass is 10.1. The molecule has 0 radical (unpaired) electrons. The zero-order valence-corrected chi connectivity index (χ0v) is 19.0. The van der Waals surface area contributed by atoms with Crippen LogP contribution in [0.5, 0.6) is 5.75 Å². The van der Waals surface area contributed by atoms with Gasteiger partial charge in [0.2, 0.25) is 0 Å². The number of anilines is 1. The number of nitrogens with two attached hydrogens (primary N) is 1. The Bertz CT molecular complexity index is 1480. The standard InChI is InChI=1S/C27H25N5O2/c1-3-34-20-15-13-19(14-16-20)32-25(28)23(27(33)29-17(2)18-9-5-4-6-10-18)24-26(32)31-22-12-8-7-11-21(22)30-24/h4-17H,3,28H2,1-2H3,(H,29,33)/t17-/m0/s1. The molecule has 5 rings (SSSR count). The minimum Gasteiger partial charge on any atom is -0.494 e. The molecule has 3 aromatic carbocycles. The monoisotopic (exact) mass is 451 g/mol. The number of nitrogens with zero attached hydrogens (tertiary/aromatic N) is 3. The van der Waals surface area contributed by atoms with Crippen molar-refractivity contribution in [3.63, 3.8) is 0 Å². The van der Waals surface area contributed by atoms with Crippen molar-refractivity contribution in [1.29, 1.82) is 0 Å². The Morgan fingerprint density at radius 2 is 1.62 bits per heavy atom. The van der Waals surface area contributed by atoms with Gasteiger partial charge in [-0.3, -0.25) is 9.36 Å². The van der Waals surface area contributed by atoms with Crippen LogP contribution in [0.1, 0.15) is 35.8 Å². The maximum absolute atomic E-state index is 13.5. The van der Waals surface area contributed by atoms with E-state index >= 15 is 0 Å². The molecule has 0 aliphatic carbocycles. The SMILES string of the molecule is CCOc1ccc(-n2c(N)c(C(=O)N[C@@H](C)c3ccccc3)c3nc4ccccc4nc32)cc1. The lowest BCUT2D eigenvalue weighted by Crippen LogP contribution is -2.27. The van der Waals surface area contributed by atoms with E-state index in [0.717, 1.165) is 22.5 Å². The molecule has 3 N–H and O–H groups in total. The first-order valence-corrected chi connectivity index (χ1v) is 11.2. The summed E-state index contributed by atoms with van der Waals surface area (Å²) in [6.45, 7) is 4.46. The molecule has 1 amide bonds. The van der Waals surface area contributed by atoms with E-state index in [4.69, 9.17) is 20.4 Å². The Hall–Kier alpha value is -4.39. The van der Waals surface area contributed by atoms with E-state index < -0.39 is 0 Å². The summed E-state index contributed by atoms with van der Waals surface area (Å²) in [5.74, 6) is 0.743. The van der Waals surface area contributed by atoms with E-state index in [1.54, 1.807) is 4.57 Å². The van der Waals surface area contributed by atoms with Gasteiger partial charge in [0.15, 0.2) is 5.65 Å². The first-order valence-electron chi connectivity index (χ1n) is 11.2. The van der Waals surface area contributed by atoms with E-state index in [0.29, 0.717) is 28.9 Å². The number of carbonyl (C=O) groups excluding carboxylic acids is 1. The first kappa shape index (κ1) is 21.5. The number of ether oxygens (including phenoxy) is 1. The van der Waals surface area contributed by atoms with E-state index in [9.17, 15) is 4.79 Å². The Morgan fingerprint density at radius 1 is 0.971 bits per heavy atom. The van der Waals surface area contributed by atoms with Crippen molar-refractivity contribution in [3.05, 3.63) is 90.0 Å². The molecule has 7 nitrogen and oxygen atoms in total. The van der Waals surface area contributed by atoms with Gasteiger partial charge in [0.1, 0.15) is 22.6 Å². The maximum atomic E-state index is 13.5. The number of carbonyl (C=O) groups is 1. The summed E-state index contributed by atoms with van der Waals surface area (Å²) in [5.41, 5.74) is 11.1. The molecule has 0 aliphatic heterocycles. The average Bonchev–Trinajstić information content (AvgIpc) is 3.14. The predicted octanol–water partition coefficient (Wildman–Crippen LogP) is 5.05. The van der Waals surface area contributed by atoms with E-state index in [2.05, 4.69) is 5.32 Å². The fraction of sp³-hybridized carbons (Fsp3) is 0.148. The van der Waals surface area contributed by atoms with Crippen molar-refractivity contribution >= 4 is 33.9 Å². The van der Waals surface area contributed by atoms with Crippen molar-refractivity contribution in [2.45, 2.75) is 19.9 Å². The van der Waals surface area contributed by atoms with Crippen LogP contribution in [0.4, 0.5) is 5.82 Å². The summed E-state index contributed by atoms with van der Waals surface area (Å²) in [5, 5.41) is 3.06. The highest BCUT2D eigenvalue weighted by atomic mass is 16.5. The number of nitrogen functional groups attached to an aromatic ring is 1. The molecule has 0 unspecified atom stereocenters. The highest BCUT2D eigenvalue weighted by Crippen LogP contribution is 2.32. The fourth-order valence-corrected chi connectivity index (χ4v) is 4.10. The van der Waals surface area contributed by atoms with Gasteiger partial charge in [-0.15, -0.1) is 0 Å². The summed E-state index contributed by atoms with van der Waals surface area (Å²) in [4.78, 5) is 23.1. The Morgan fingerprint density at radius 3 is 2.29 bits per heavy atom. The molecular weight excluding hydrogens is 426 g/mol. The van der Waals surface area contributed by atoms with Crippen LogP contribution in [0.3, 0.4) is 0 Å². The predicted molar refractivity (Wildman–Crippen MR) is 134 cm³/mol.